The molecule has 2 heterocycles. The van der Waals surface area contributed by atoms with Crippen molar-refractivity contribution < 1.29 is 14.3 Å². The van der Waals surface area contributed by atoms with Gasteiger partial charge in [0.1, 0.15) is 6.10 Å². The Morgan fingerprint density at radius 2 is 2.14 bits per heavy atom. The van der Waals surface area contributed by atoms with Crippen molar-refractivity contribution >= 4 is 5.97 Å². The van der Waals surface area contributed by atoms with Crippen molar-refractivity contribution in [3.8, 4) is 5.82 Å². The lowest BCUT2D eigenvalue weighted by molar-refractivity contribution is -0.00122. The molecule has 2 aromatic rings. The summed E-state index contributed by atoms with van der Waals surface area (Å²) in [5, 5.41) is 4.10. The molecule has 118 valence electrons. The van der Waals surface area contributed by atoms with Crippen molar-refractivity contribution in [2.24, 2.45) is 5.92 Å². The quantitative estimate of drug-likeness (QED) is 0.735. The number of carbonyl (C=O) groups is 1. The fraction of sp³-hybridized carbons (Fsp3) is 0.438. The average Bonchev–Trinajstić information content (AvgIpc) is 3.01. The normalized spacial score (nSPS) is 12.4. The van der Waals surface area contributed by atoms with Crippen LogP contribution in [0.25, 0.3) is 5.82 Å². The average molecular weight is 303 g/mol. The number of hydrogen-bond acceptors (Lipinski definition) is 5. The van der Waals surface area contributed by atoms with Gasteiger partial charge in [0, 0.05) is 19.5 Å². The fourth-order valence-electron chi connectivity index (χ4n) is 2.14. The van der Waals surface area contributed by atoms with Crippen molar-refractivity contribution in [2.45, 2.75) is 26.4 Å². The Kier molecular flexibility index (Phi) is 5.66. The summed E-state index contributed by atoms with van der Waals surface area (Å²) in [6.07, 6.45) is 3.90. The van der Waals surface area contributed by atoms with E-state index in [0.29, 0.717) is 18.3 Å². The molecular formula is C16H21N3O3. The van der Waals surface area contributed by atoms with E-state index < -0.39 is 5.97 Å². The van der Waals surface area contributed by atoms with E-state index in [2.05, 4.69) is 23.9 Å². The highest BCUT2D eigenvalue weighted by Crippen LogP contribution is 2.12. The Bertz CT molecular complexity index is 596. The predicted octanol–water partition coefficient (Wildman–Crippen LogP) is 2.49. The van der Waals surface area contributed by atoms with Gasteiger partial charge in [-0.15, -0.1) is 0 Å². The van der Waals surface area contributed by atoms with Crippen LogP contribution in [0.15, 0.2) is 36.7 Å². The smallest absolute Gasteiger partial charge is 0.357 e. The van der Waals surface area contributed by atoms with E-state index in [1.807, 2.05) is 0 Å². The number of ether oxygens (including phenoxy) is 2. The molecule has 0 aromatic carbocycles. The zero-order valence-corrected chi connectivity index (χ0v) is 13.1. The molecule has 0 amide bonds. The molecule has 2 rings (SSSR count). The minimum atomic E-state index is -0.447. The van der Waals surface area contributed by atoms with Gasteiger partial charge in [0.15, 0.2) is 11.5 Å². The van der Waals surface area contributed by atoms with Crippen LogP contribution in [0.5, 0.6) is 0 Å². The van der Waals surface area contributed by atoms with Crippen LogP contribution >= 0.6 is 0 Å². The Labute approximate surface area is 130 Å². The van der Waals surface area contributed by atoms with Crippen molar-refractivity contribution in [1.29, 1.82) is 0 Å². The van der Waals surface area contributed by atoms with Gasteiger partial charge in [-0.2, -0.15) is 5.10 Å². The van der Waals surface area contributed by atoms with Crippen LogP contribution in [0.3, 0.4) is 0 Å². The van der Waals surface area contributed by atoms with Gasteiger partial charge in [-0.1, -0.05) is 19.9 Å². The number of nitrogens with zero attached hydrogens (tertiary/aromatic N) is 3. The summed E-state index contributed by atoms with van der Waals surface area (Å²) in [6.45, 7) is 4.53. The molecule has 0 saturated carbocycles. The highest BCUT2D eigenvalue weighted by Gasteiger charge is 2.18. The molecule has 0 saturated heterocycles. The molecule has 0 spiro atoms. The third-order valence-corrected chi connectivity index (χ3v) is 3.04. The number of carbonyl (C=O) groups excluding carboxylic acids is 1. The van der Waals surface area contributed by atoms with Gasteiger partial charge >= 0.3 is 5.97 Å². The highest BCUT2D eigenvalue weighted by atomic mass is 16.6. The van der Waals surface area contributed by atoms with Crippen LogP contribution in [-0.2, 0) is 9.47 Å². The first-order valence-corrected chi connectivity index (χ1v) is 7.27. The lowest BCUT2D eigenvalue weighted by Crippen LogP contribution is -2.25. The predicted molar refractivity (Wildman–Crippen MR) is 81.9 cm³/mol. The van der Waals surface area contributed by atoms with Gasteiger partial charge in [0.05, 0.1) is 6.61 Å². The Morgan fingerprint density at radius 3 is 2.77 bits per heavy atom. The van der Waals surface area contributed by atoms with Crippen LogP contribution in [0.1, 0.15) is 30.8 Å². The van der Waals surface area contributed by atoms with Crippen LogP contribution in [-0.4, -0.2) is 40.6 Å². The number of rotatable bonds is 7. The molecule has 0 N–H and O–H groups in total. The molecule has 1 unspecified atom stereocenters. The molecule has 2 aromatic heterocycles. The first-order chi connectivity index (χ1) is 10.6. The van der Waals surface area contributed by atoms with Crippen LogP contribution < -0.4 is 0 Å². The van der Waals surface area contributed by atoms with E-state index in [1.54, 1.807) is 48.5 Å². The van der Waals surface area contributed by atoms with E-state index in [4.69, 9.17) is 9.47 Å². The Hall–Kier alpha value is -2.21. The minimum absolute atomic E-state index is 0.262. The number of aromatic nitrogens is 3. The topological polar surface area (TPSA) is 66.2 Å². The zero-order valence-electron chi connectivity index (χ0n) is 13.1. The van der Waals surface area contributed by atoms with Crippen molar-refractivity contribution in [3.05, 3.63) is 42.4 Å². The maximum absolute atomic E-state index is 12.3. The summed E-state index contributed by atoms with van der Waals surface area (Å²) in [4.78, 5) is 16.6. The number of methoxy groups -OCH3 is 1. The summed E-state index contributed by atoms with van der Waals surface area (Å²) in [6, 6.07) is 6.97. The standard InChI is InChI=1S/C16H21N3O3/c1-12(2)10-13(11-21-3)22-16(20)14-6-4-7-15(18-14)19-9-5-8-17-19/h4-9,12-13H,10-11H2,1-3H3. The number of pyridine rings is 1. The number of hydrogen-bond donors (Lipinski definition) is 0. The third kappa shape index (κ3) is 4.39. The lowest BCUT2D eigenvalue weighted by Gasteiger charge is -2.18. The maximum Gasteiger partial charge on any atom is 0.357 e. The van der Waals surface area contributed by atoms with Crippen molar-refractivity contribution in [1.82, 2.24) is 14.8 Å². The Morgan fingerprint density at radius 1 is 1.32 bits per heavy atom. The molecular weight excluding hydrogens is 282 g/mol. The minimum Gasteiger partial charge on any atom is -0.455 e. The maximum atomic E-state index is 12.3. The van der Waals surface area contributed by atoms with Gasteiger partial charge in [0.2, 0.25) is 0 Å². The summed E-state index contributed by atoms with van der Waals surface area (Å²) in [7, 11) is 1.59. The summed E-state index contributed by atoms with van der Waals surface area (Å²) in [5.74, 6) is 0.541. The number of esters is 1. The van der Waals surface area contributed by atoms with Crippen LogP contribution in [0.4, 0.5) is 0 Å². The molecule has 22 heavy (non-hydrogen) atoms. The van der Waals surface area contributed by atoms with E-state index in [0.717, 1.165) is 6.42 Å². The van der Waals surface area contributed by atoms with Gasteiger partial charge in [-0.05, 0) is 30.5 Å². The molecule has 6 nitrogen and oxygen atoms in total. The van der Waals surface area contributed by atoms with Gasteiger partial charge < -0.3 is 9.47 Å². The first kappa shape index (κ1) is 16.2. The lowest BCUT2D eigenvalue weighted by atomic mass is 10.1. The molecule has 0 aliphatic rings. The second-order valence-electron chi connectivity index (χ2n) is 5.44. The third-order valence-electron chi connectivity index (χ3n) is 3.04. The summed E-state index contributed by atoms with van der Waals surface area (Å²) in [5.41, 5.74) is 0.262. The zero-order chi connectivity index (χ0) is 15.9. The second-order valence-corrected chi connectivity index (χ2v) is 5.44. The molecule has 0 aliphatic heterocycles. The monoisotopic (exact) mass is 303 g/mol. The molecule has 0 radical (unpaired) electrons. The van der Waals surface area contributed by atoms with Crippen molar-refractivity contribution in [2.75, 3.05) is 13.7 Å². The van der Waals surface area contributed by atoms with Gasteiger partial charge in [-0.25, -0.2) is 14.5 Å². The Balaban J connectivity index is 2.10. The molecule has 0 aliphatic carbocycles. The fourth-order valence-corrected chi connectivity index (χ4v) is 2.14. The molecule has 6 heteroatoms. The molecule has 1 atom stereocenters. The van der Waals surface area contributed by atoms with E-state index in [-0.39, 0.29) is 11.8 Å². The summed E-state index contributed by atoms with van der Waals surface area (Å²) >= 11 is 0. The SMILES string of the molecule is COCC(CC(C)C)OC(=O)c1cccc(-n2cccn2)n1. The van der Waals surface area contributed by atoms with E-state index in [9.17, 15) is 4.79 Å². The van der Waals surface area contributed by atoms with E-state index >= 15 is 0 Å². The second kappa shape index (κ2) is 7.70. The largest absolute Gasteiger partial charge is 0.455 e. The van der Waals surface area contributed by atoms with Gasteiger partial charge in [0.25, 0.3) is 0 Å². The molecule has 0 fully saturated rings. The van der Waals surface area contributed by atoms with Crippen LogP contribution in [0, 0.1) is 5.92 Å². The van der Waals surface area contributed by atoms with E-state index in [1.165, 1.54) is 0 Å². The summed E-state index contributed by atoms with van der Waals surface area (Å²) < 4.78 is 12.2. The van der Waals surface area contributed by atoms with Crippen molar-refractivity contribution in [3.63, 3.8) is 0 Å². The first-order valence-electron chi connectivity index (χ1n) is 7.27. The van der Waals surface area contributed by atoms with Crippen LogP contribution in [0.2, 0.25) is 0 Å². The molecule has 0 bridgehead atoms. The van der Waals surface area contributed by atoms with Gasteiger partial charge in [-0.3, -0.25) is 0 Å². The highest BCUT2D eigenvalue weighted by molar-refractivity contribution is 5.87.